The summed E-state index contributed by atoms with van der Waals surface area (Å²) in [6.07, 6.45) is 7.31. The molecule has 8 heavy (non-hydrogen) atoms. The van der Waals surface area contributed by atoms with E-state index in [4.69, 9.17) is 0 Å². The Morgan fingerprint density at radius 3 is 2.50 bits per heavy atom. The first kappa shape index (κ1) is 5.87. The average molecular weight is 110 g/mol. The molecule has 1 aliphatic carbocycles. The van der Waals surface area contributed by atoms with Gasteiger partial charge in [-0.2, -0.15) is 0 Å². The summed E-state index contributed by atoms with van der Waals surface area (Å²) >= 11 is 0. The second-order valence-electron chi connectivity index (χ2n) is 2.84. The van der Waals surface area contributed by atoms with Crippen molar-refractivity contribution >= 4 is 0 Å². The monoisotopic (exact) mass is 110 g/mol. The van der Waals surface area contributed by atoms with Crippen LogP contribution in [0.15, 0.2) is 12.2 Å². The fourth-order valence-electron chi connectivity index (χ4n) is 1.12. The van der Waals surface area contributed by atoms with Gasteiger partial charge in [-0.1, -0.05) is 26.0 Å². The zero-order chi connectivity index (χ0) is 5.98. The van der Waals surface area contributed by atoms with Crippen LogP contribution in [0.4, 0.5) is 0 Å². The topological polar surface area (TPSA) is 0 Å². The molecule has 0 aromatic carbocycles. The molecule has 0 amide bonds. The van der Waals surface area contributed by atoms with Gasteiger partial charge < -0.3 is 0 Å². The molecule has 0 N–H and O–H groups in total. The fraction of sp³-hybridized carbons (Fsp3) is 0.750. The molecular weight excluding hydrogens is 96.1 g/mol. The van der Waals surface area contributed by atoms with Gasteiger partial charge in [0.05, 0.1) is 0 Å². The molecule has 1 aliphatic rings. The second-order valence-corrected chi connectivity index (χ2v) is 2.84. The van der Waals surface area contributed by atoms with Crippen LogP contribution in [0.2, 0.25) is 0 Å². The van der Waals surface area contributed by atoms with E-state index in [1.807, 2.05) is 0 Å². The van der Waals surface area contributed by atoms with Gasteiger partial charge in [0, 0.05) is 0 Å². The van der Waals surface area contributed by atoms with Crippen LogP contribution in [0.3, 0.4) is 0 Å². The van der Waals surface area contributed by atoms with Gasteiger partial charge in [-0.15, -0.1) is 0 Å². The van der Waals surface area contributed by atoms with Gasteiger partial charge in [0.2, 0.25) is 0 Å². The maximum atomic E-state index is 2.33. The van der Waals surface area contributed by atoms with E-state index in [0.29, 0.717) is 0 Å². The van der Waals surface area contributed by atoms with Crippen LogP contribution in [-0.4, -0.2) is 0 Å². The molecule has 0 aromatic rings. The Morgan fingerprint density at radius 2 is 2.12 bits per heavy atom. The molecule has 0 radical (unpaired) electrons. The van der Waals surface area contributed by atoms with Crippen LogP contribution in [0.1, 0.15) is 26.7 Å². The first-order valence-electron chi connectivity index (χ1n) is 3.47. The molecule has 46 valence electrons. The van der Waals surface area contributed by atoms with Gasteiger partial charge in [0.15, 0.2) is 0 Å². The van der Waals surface area contributed by atoms with Crippen molar-refractivity contribution in [2.75, 3.05) is 0 Å². The normalized spacial score (nSPS) is 37.8. The Bertz CT molecular complexity index is 92.2. The summed E-state index contributed by atoms with van der Waals surface area (Å²) in [5.41, 5.74) is 0. The highest BCUT2D eigenvalue weighted by molar-refractivity contribution is 4.93. The smallest absolute Gasteiger partial charge is 0.0236 e. The zero-order valence-corrected chi connectivity index (χ0v) is 5.72. The number of rotatable bonds is 0. The summed E-state index contributed by atoms with van der Waals surface area (Å²) in [7, 11) is 0. The second kappa shape index (κ2) is 2.34. The van der Waals surface area contributed by atoms with Gasteiger partial charge >= 0.3 is 0 Å². The fourth-order valence-corrected chi connectivity index (χ4v) is 1.12. The van der Waals surface area contributed by atoms with Crippen molar-refractivity contribution in [1.82, 2.24) is 0 Å². The molecule has 0 saturated carbocycles. The number of hydrogen-bond acceptors (Lipinski definition) is 0. The van der Waals surface area contributed by atoms with Crippen LogP contribution in [0.25, 0.3) is 0 Å². The van der Waals surface area contributed by atoms with Gasteiger partial charge in [-0.3, -0.25) is 0 Å². The molecular formula is C8H14. The summed E-state index contributed by atoms with van der Waals surface area (Å²) in [5, 5.41) is 0. The zero-order valence-electron chi connectivity index (χ0n) is 5.72. The molecule has 0 unspecified atom stereocenters. The predicted octanol–water partition coefficient (Wildman–Crippen LogP) is 2.61. The minimum Gasteiger partial charge on any atom is -0.0882 e. The third-order valence-corrected chi connectivity index (χ3v) is 2.13. The molecule has 0 heterocycles. The number of hydrogen-bond donors (Lipinski definition) is 0. The molecule has 0 nitrogen and oxygen atoms in total. The third kappa shape index (κ3) is 1.12. The van der Waals surface area contributed by atoms with E-state index in [2.05, 4.69) is 26.0 Å². The maximum absolute atomic E-state index is 2.33. The van der Waals surface area contributed by atoms with Crippen molar-refractivity contribution in [2.45, 2.75) is 26.7 Å². The van der Waals surface area contributed by atoms with Gasteiger partial charge in [0.25, 0.3) is 0 Å². The Hall–Kier alpha value is -0.260. The first-order chi connectivity index (χ1) is 3.80. The maximum Gasteiger partial charge on any atom is -0.0236 e. The molecule has 0 heteroatoms. The molecule has 2 atom stereocenters. The third-order valence-electron chi connectivity index (χ3n) is 2.13. The van der Waals surface area contributed by atoms with Crippen LogP contribution < -0.4 is 0 Å². The highest BCUT2D eigenvalue weighted by Gasteiger charge is 2.10. The Labute approximate surface area is 51.6 Å². The lowest BCUT2D eigenvalue weighted by Gasteiger charge is -2.19. The first-order valence-corrected chi connectivity index (χ1v) is 3.47. The summed E-state index contributed by atoms with van der Waals surface area (Å²) in [5.74, 6) is 1.74. The predicted molar refractivity (Wildman–Crippen MR) is 36.7 cm³/mol. The molecule has 0 aromatic heterocycles. The van der Waals surface area contributed by atoms with Crippen molar-refractivity contribution in [3.8, 4) is 0 Å². The molecule has 0 fully saturated rings. The average Bonchev–Trinajstić information content (AvgIpc) is 1.77. The van der Waals surface area contributed by atoms with Crippen molar-refractivity contribution in [3.05, 3.63) is 12.2 Å². The minimum absolute atomic E-state index is 0.823. The van der Waals surface area contributed by atoms with Crippen molar-refractivity contribution in [2.24, 2.45) is 11.8 Å². The lowest BCUT2D eigenvalue weighted by Crippen LogP contribution is -2.07. The Morgan fingerprint density at radius 1 is 1.38 bits per heavy atom. The minimum atomic E-state index is 0.823. The van der Waals surface area contributed by atoms with E-state index in [1.165, 1.54) is 12.8 Å². The molecule has 0 spiro atoms. The van der Waals surface area contributed by atoms with Crippen LogP contribution in [0.5, 0.6) is 0 Å². The molecule has 0 bridgehead atoms. The standard InChI is InChI=1S/C8H14/c1-7-5-3-4-6-8(7)2/h3,5,7-8H,4,6H2,1-2H3/t7-,8+/m0/s1. The van der Waals surface area contributed by atoms with Crippen LogP contribution >= 0.6 is 0 Å². The summed E-state index contributed by atoms with van der Waals surface area (Å²) in [6, 6.07) is 0. The summed E-state index contributed by atoms with van der Waals surface area (Å²) in [4.78, 5) is 0. The van der Waals surface area contributed by atoms with E-state index < -0.39 is 0 Å². The lowest BCUT2D eigenvalue weighted by atomic mass is 9.87. The van der Waals surface area contributed by atoms with Gasteiger partial charge in [-0.25, -0.2) is 0 Å². The summed E-state index contributed by atoms with van der Waals surface area (Å²) in [6.45, 7) is 4.62. The number of allylic oxidation sites excluding steroid dienone is 2. The van der Waals surface area contributed by atoms with Crippen LogP contribution in [-0.2, 0) is 0 Å². The molecule has 0 saturated heterocycles. The van der Waals surface area contributed by atoms with E-state index in [1.54, 1.807) is 0 Å². The molecule has 1 rings (SSSR count). The highest BCUT2D eigenvalue weighted by Crippen LogP contribution is 2.22. The van der Waals surface area contributed by atoms with Crippen molar-refractivity contribution in [1.29, 1.82) is 0 Å². The van der Waals surface area contributed by atoms with Gasteiger partial charge in [0.1, 0.15) is 0 Å². The van der Waals surface area contributed by atoms with Crippen molar-refractivity contribution in [3.63, 3.8) is 0 Å². The Kier molecular flexibility index (Phi) is 1.72. The highest BCUT2D eigenvalue weighted by atomic mass is 14.2. The Balaban J connectivity index is 2.47. The SMILES string of the molecule is C[C@@H]1CCC=C[C@@H]1C. The van der Waals surface area contributed by atoms with E-state index in [9.17, 15) is 0 Å². The van der Waals surface area contributed by atoms with Crippen molar-refractivity contribution < 1.29 is 0 Å². The molecule has 0 aliphatic heterocycles. The van der Waals surface area contributed by atoms with E-state index >= 15 is 0 Å². The van der Waals surface area contributed by atoms with Crippen LogP contribution in [0, 0.1) is 11.8 Å². The van der Waals surface area contributed by atoms with Gasteiger partial charge in [-0.05, 0) is 24.7 Å². The lowest BCUT2D eigenvalue weighted by molar-refractivity contribution is 0.413. The largest absolute Gasteiger partial charge is 0.0882 e. The summed E-state index contributed by atoms with van der Waals surface area (Å²) < 4.78 is 0. The van der Waals surface area contributed by atoms with E-state index in [0.717, 1.165) is 11.8 Å². The quantitative estimate of drug-likeness (QED) is 0.420. The van der Waals surface area contributed by atoms with E-state index in [-0.39, 0.29) is 0 Å².